The van der Waals surface area contributed by atoms with Crippen molar-refractivity contribution < 1.29 is 0 Å². The van der Waals surface area contributed by atoms with Crippen molar-refractivity contribution in [1.29, 1.82) is 0 Å². The average Bonchev–Trinajstić information content (AvgIpc) is 2.91. The lowest BCUT2D eigenvalue weighted by atomic mass is 9.84. The summed E-state index contributed by atoms with van der Waals surface area (Å²) in [5.41, 5.74) is 2.81. The van der Waals surface area contributed by atoms with Crippen molar-refractivity contribution in [2.45, 2.75) is 45.1 Å². The standard InChI is InChI=1S/C14H19NS/c1-2-12-11-8-9-16-14(11)13(15-12)10-6-4-3-5-7-10/h2,8-10,13,15H,3-7H2,1H3/b12-2-. The molecule has 1 aromatic rings. The molecule has 1 nitrogen and oxygen atoms in total. The van der Waals surface area contributed by atoms with Crippen LogP contribution in [-0.2, 0) is 0 Å². The van der Waals surface area contributed by atoms with E-state index < -0.39 is 0 Å². The molecule has 1 N–H and O–H groups in total. The summed E-state index contributed by atoms with van der Waals surface area (Å²) in [6.45, 7) is 2.13. The number of thiophene rings is 1. The van der Waals surface area contributed by atoms with Crippen LogP contribution >= 0.6 is 11.3 Å². The minimum Gasteiger partial charge on any atom is -0.377 e. The Bertz CT molecular complexity index is 399. The highest BCUT2D eigenvalue weighted by Crippen LogP contribution is 2.44. The molecule has 2 heterocycles. The molecule has 1 unspecified atom stereocenters. The van der Waals surface area contributed by atoms with E-state index in [1.54, 1.807) is 4.88 Å². The van der Waals surface area contributed by atoms with Gasteiger partial charge >= 0.3 is 0 Å². The van der Waals surface area contributed by atoms with Gasteiger partial charge in [-0.05, 0) is 37.1 Å². The number of hydrogen-bond donors (Lipinski definition) is 1. The molecule has 0 aromatic carbocycles. The maximum absolute atomic E-state index is 3.73. The monoisotopic (exact) mass is 233 g/mol. The molecule has 0 saturated heterocycles. The van der Waals surface area contributed by atoms with Crippen molar-refractivity contribution in [3.63, 3.8) is 0 Å². The summed E-state index contributed by atoms with van der Waals surface area (Å²) in [4.78, 5) is 1.58. The fourth-order valence-corrected chi connectivity index (χ4v) is 4.19. The molecular weight excluding hydrogens is 214 g/mol. The number of allylic oxidation sites excluding steroid dienone is 1. The van der Waals surface area contributed by atoms with Crippen LogP contribution in [0.15, 0.2) is 17.5 Å². The molecule has 0 amide bonds. The lowest BCUT2D eigenvalue weighted by Crippen LogP contribution is -2.23. The SMILES string of the molecule is C/C=C1\NC(C2CCCCC2)c2sccc21. The number of hydrogen-bond acceptors (Lipinski definition) is 2. The Balaban J connectivity index is 1.88. The number of nitrogens with one attached hydrogen (secondary N) is 1. The highest BCUT2D eigenvalue weighted by molar-refractivity contribution is 7.10. The van der Waals surface area contributed by atoms with Crippen LogP contribution in [0.1, 0.15) is 55.5 Å². The second kappa shape index (κ2) is 4.25. The Kier molecular flexibility index (Phi) is 2.76. The van der Waals surface area contributed by atoms with E-state index in [4.69, 9.17) is 0 Å². The fourth-order valence-electron chi connectivity index (χ4n) is 3.13. The van der Waals surface area contributed by atoms with Crippen LogP contribution in [0.3, 0.4) is 0 Å². The first kappa shape index (κ1) is 10.4. The van der Waals surface area contributed by atoms with E-state index in [1.807, 2.05) is 11.3 Å². The summed E-state index contributed by atoms with van der Waals surface area (Å²) in [5, 5.41) is 5.97. The first-order valence-electron chi connectivity index (χ1n) is 6.41. The topological polar surface area (TPSA) is 12.0 Å². The summed E-state index contributed by atoms with van der Waals surface area (Å²) in [7, 11) is 0. The predicted molar refractivity (Wildman–Crippen MR) is 70.4 cm³/mol. The zero-order chi connectivity index (χ0) is 11.0. The molecule has 1 fully saturated rings. The van der Waals surface area contributed by atoms with Gasteiger partial charge in [0.2, 0.25) is 0 Å². The van der Waals surface area contributed by atoms with Gasteiger partial charge < -0.3 is 5.32 Å². The van der Waals surface area contributed by atoms with Crippen LogP contribution in [0, 0.1) is 5.92 Å². The van der Waals surface area contributed by atoms with Gasteiger partial charge in [0.15, 0.2) is 0 Å². The fraction of sp³-hybridized carbons (Fsp3) is 0.571. The summed E-state index contributed by atoms with van der Waals surface area (Å²) in [6.07, 6.45) is 9.33. The Morgan fingerprint density at radius 1 is 1.31 bits per heavy atom. The third-order valence-corrected chi connectivity index (χ3v) is 4.99. The van der Waals surface area contributed by atoms with Crippen LogP contribution in [-0.4, -0.2) is 0 Å². The van der Waals surface area contributed by atoms with Crippen molar-refractivity contribution in [3.05, 3.63) is 28.0 Å². The van der Waals surface area contributed by atoms with Gasteiger partial charge in [-0.2, -0.15) is 0 Å². The molecule has 86 valence electrons. The van der Waals surface area contributed by atoms with Crippen molar-refractivity contribution in [2.24, 2.45) is 5.92 Å². The molecular formula is C14H19NS. The minimum absolute atomic E-state index is 0.612. The third kappa shape index (κ3) is 1.60. The van der Waals surface area contributed by atoms with E-state index in [0.717, 1.165) is 5.92 Å². The maximum atomic E-state index is 3.73. The van der Waals surface area contributed by atoms with Crippen molar-refractivity contribution in [1.82, 2.24) is 5.32 Å². The highest BCUT2D eigenvalue weighted by atomic mass is 32.1. The van der Waals surface area contributed by atoms with Gasteiger partial charge in [0, 0.05) is 16.1 Å². The van der Waals surface area contributed by atoms with Gasteiger partial charge in [-0.3, -0.25) is 0 Å². The highest BCUT2D eigenvalue weighted by Gasteiger charge is 2.33. The van der Waals surface area contributed by atoms with E-state index in [-0.39, 0.29) is 0 Å². The molecule has 0 bridgehead atoms. The lowest BCUT2D eigenvalue weighted by Gasteiger charge is -2.27. The minimum atomic E-state index is 0.612. The Labute approximate surface area is 102 Å². The quantitative estimate of drug-likeness (QED) is 0.761. The molecule has 16 heavy (non-hydrogen) atoms. The first-order valence-corrected chi connectivity index (χ1v) is 7.28. The number of fused-ring (bicyclic) bond motifs is 1. The van der Waals surface area contributed by atoms with Crippen LogP contribution in [0.25, 0.3) is 5.70 Å². The van der Waals surface area contributed by atoms with Crippen LogP contribution in [0.2, 0.25) is 0 Å². The molecule has 1 saturated carbocycles. The van der Waals surface area contributed by atoms with Crippen LogP contribution in [0.4, 0.5) is 0 Å². The molecule has 1 atom stereocenters. The Morgan fingerprint density at radius 2 is 2.12 bits per heavy atom. The van der Waals surface area contributed by atoms with E-state index in [2.05, 4.69) is 29.8 Å². The van der Waals surface area contributed by atoms with Gasteiger partial charge in [-0.1, -0.05) is 25.3 Å². The normalized spacial score (nSPS) is 28.1. The van der Waals surface area contributed by atoms with Crippen LogP contribution < -0.4 is 5.32 Å². The molecule has 0 radical (unpaired) electrons. The lowest BCUT2D eigenvalue weighted by molar-refractivity contribution is 0.297. The maximum Gasteiger partial charge on any atom is 0.0641 e. The van der Waals surface area contributed by atoms with Gasteiger partial charge in [0.1, 0.15) is 0 Å². The predicted octanol–water partition coefficient (Wildman–Crippen LogP) is 4.33. The molecule has 0 spiro atoms. The van der Waals surface area contributed by atoms with Crippen molar-refractivity contribution in [2.75, 3.05) is 0 Å². The molecule has 1 aliphatic heterocycles. The Morgan fingerprint density at radius 3 is 2.88 bits per heavy atom. The Hall–Kier alpha value is -0.760. The second-order valence-corrected chi connectivity index (χ2v) is 5.87. The molecule has 1 aliphatic carbocycles. The molecule has 2 aliphatic rings. The van der Waals surface area contributed by atoms with E-state index in [0.29, 0.717) is 6.04 Å². The average molecular weight is 233 g/mol. The molecule has 2 heteroatoms. The first-order chi connectivity index (χ1) is 7.90. The molecule has 1 aromatic heterocycles. The van der Waals surface area contributed by atoms with E-state index in [1.165, 1.54) is 43.4 Å². The van der Waals surface area contributed by atoms with Gasteiger partial charge in [0.05, 0.1) is 6.04 Å². The van der Waals surface area contributed by atoms with Gasteiger partial charge in [-0.15, -0.1) is 11.3 Å². The molecule has 3 rings (SSSR count). The second-order valence-electron chi connectivity index (χ2n) is 4.92. The summed E-state index contributed by atoms with van der Waals surface area (Å²) in [5.74, 6) is 0.864. The van der Waals surface area contributed by atoms with Crippen molar-refractivity contribution in [3.8, 4) is 0 Å². The zero-order valence-corrected chi connectivity index (χ0v) is 10.6. The third-order valence-electron chi connectivity index (χ3n) is 3.99. The van der Waals surface area contributed by atoms with E-state index in [9.17, 15) is 0 Å². The van der Waals surface area contributed by atoms with Crippen LogP contribution in [0.5, 0.6) is 0 Å². The summed E-state index contributed by atoms with van der Waals surface area (Å²) < 4.78 is 0. The number of rotatable bonds is 1. The van der Waals surface area contributed by atoms with Crippen molar-refractivity contribution >= 4 is 17.0 Å². The summed E-state index contributed by atoms with van der Waals surface area (Å²) in [6, 6.07) is 2.88. The largest absolute Gasteiger partial charge is 0.377 e. The van der Waals surface area contributed by atoms with Gasteiger partial charge in [0.25, 0.3) is 0 Å². The zero-order valence-electron chi connectivity index (χ0n) is 9.83. The van der Waals surface area contributed by atoms with E-state index >= 15 is 0 Å². The van der Waals surface area contributed by atoms with Gasteiger partial charge in [-0.25, -0.2) is 0 Å². The smallest absolute Gasteiger partial charge is 0.0641 e. The summed E-state index contributed by atoms with van der Waals surface area (Å²) >= 11 is 1.93.